The molecule has 0 spiro atoms. The van der Waals surface area contributed by atoms with Crippen LogP contribution in [0.3, 0.4) is 0 Å². The lowest BCUT2D eigenvalue weighted by Gasteiger charge is -2.36. The van der Waals surface area contributed by atoms with Crippen LogP contribution in [0.2, 0.25) is 0 Å². The highest BCUT2D eigenvalue weighted by Crippen LogP contribution is 2.30. The molecule has 30 heavy (non-hydrogen) atoms. The number of fused-ring (bicyclic) bond motifs is 1. The molecule has 0 radical (unpaired) electrons. The predicted octanol–water partition coefficient (Wildman–Crippen LogP) is 5.83. The molecular weight excluding hydrogens is 386 g/mol. The van der Waals surface area contributed by atoms with Crippen molar-refractivity contribution >= 4 is 28.5 Å². The van der Waals surface area contributed by atoms with Gasteiger partial charge in [-0.3, -0.25) is 8.87 Å². The molecule has 1 aliphatic heterocycles. The molecule has 0 unspecified atom stereocenters. The Labute approximate surface area is 183 Å². The minimum Gasteiger partial charge on any atom is -0.369 e. The highest BCUT2D eigenvalue weighted by Gasteiger charge is 2.19. The predicted molar refractivity (Wildman–Crippen MR) is 128 cm³/mol. The maximum absolute atomic E-state index is 2.59. The van der Waals surface area contributed by atoms with Gasteiger partial charge < -0.3 is 4.90 Å². The second-order valence-electron chi connectivity index (χ2n) is 8.00. The molecule has 0 N–H and O–H groups in total. The zero-order valence-corrected chi connectivity index (χ0v) is 18.2. The van der Waals surface area contributed by atoms with Crippen molar-refractivity contribution in [2.75, 3.05) is 31.1 Å². The second kappa shape index (κ2) is 8.58. The number of benzene rings is 3. The van der Waals surface area contributed by atoms with Gasteiger partial charge in [0.2, 0.25) is 0 Å². The lowest BCUT2D eigenvalue weighted by atomic mass is 10.1. The Morgan fingerprint density at radius 2 is 1.47 bits per heavy atom. The standard InChI is InChI=1S/C26H27N3S/c1-21-11-13-24(14-12-21)30-29-20-22(25-9-5-6-10-26(25)29)19-27-15-17-28(18-16-27)23-7-3-2-4-8-23/h2-14,20H,15-19H2,1H3. The van der Waals surface area contributed by atoms with Gasteiger partial charge in [0.15, 0.2) is 0 Å². The van der Waals surface area contributed by atoms with E-state index in [1.807, 2.05) is 0 Å². The van der Waals surface area contributed by atoms with Crippen molar-refractivity contribution in [2.24, 2.45) is 0 Å². The number of anilines is 1. The topological polar surface area (TPSA) is 11.4 Å². The molecule has 1 aromatic heterocycles. The van der Waals surface area contributed by atoms with Gasteiger partial charge in [0.1, 0.15) is 0 Å². The van der Waals surface area contributed by atoms with Crippen LogP contribution in [-0.4, -0.2) is 35.1 Å². The highest BCUT2D eigenvalue weighted by molar-refractivity contribution is 7.98. The summed E-state index contributed by atoms with van der Waals surface area (Å²) in [4.78, 5) is 6.35. The van der Waals surface area contributed by atoms with Crippen molar-refractivity contribution < 1.29 is 0 Å². The Balaban J connectivity index is 1.32. The Hall–Kier alpha value is -2.69. The molecule has 0 bridgehead atoms. The number of aryl methyl sites for hydroxylation is 1. The molecule has 1 aliphatic rings. The van der Waals surface area contributed by atoms with Gasteiger partial charge in [0.25, 0.3) is 0 Å². The van der Waals surface area contributed by atoms with E-state index in [0.717, 1.165) is 32.7 Å². The minimum absolute atomic E-state index is 1.00. The Bertz CT molecular complexity index is 1110. The summed E-state index contributed by atoms with van der Waals surface area (Å²) >= 11 is 1.80. The summed E-state index contributed by atoms with van der Waals surface area (Å²) in [5, 5.41) is 1.36. The number of nitrogens with zero attached hydrogens (tertiary/aromatic N) is 3. The number of piperazine rings is 1. The smallest absolute Gasteiger partial charge is 0.0597 e. The van der Waals surface area contributed by atoms with Gasteiger partial charge >= 0.3 is 0 Å². The largest absolute Gasteiger partial charge is 0.369 e. The summed E-state index contributed by atoms with van der Waals surface area (Å²) in [6.45, 7) is 7.50. The lowest BCUT2D eigenvalue weighted by molar-refractivity contribution is 0.250. The van der Waals surface area contributed by atoms with Crippen LogP contribution in [0.1, 0.15) is 11.1 Å². The second-order valence-corrected chi connectivity index (χ2v) is 9.05. The van der Waals surface area contributed by atoms with Crippen LogP contribution >= 0.6 is 11.9 Å². The van der Waals surface area contributed by atoms with E-state index in [4.69, 9.17) is 0 Å². The van der Waals surface area contributed by atoms with Crippen molar-refractivity contribution in [3.8, 4) is 0 Å². The summed E-state index contributed by atoms with van der Waals surface area (Å²) in [6.07, 6.45) is 2.33. The van der Waals surface area contributed by atoms with Crippen LogP contribution in [0.4, 0.5) is 5.69 Å². The molecule has 0 amide bonds. The van der Waals surface area contributed by atoms with Gasteiger partial charge in [-0.05, 0) is 54.8 Å². The maximum atomic E-state index is 2.59. The van der Waals surface area contributed by atoms with Crippen molar-refractivity contribution in [2.45, 2.75) is 18.4 Å². The van der Waals surface area contributed by atoms with Gasteiger partial charge in [0.05, 0.1) is 5.52 Å². The molecule has 3 nitrogen and oxygen atoms in total. The van der Waals surface area contributed by atoms with Gasteiger partial charge in [-0.2, -0.15) is 0 Å². The van der Waals surface area contributed by atoms with E-state index in [1.165, 1.54) is 32.6 Å². The van der Waals surface area contributed by atoms with Crippen molar-refractivity contribution in [1.29, 1.82) is 0 Å². The Kier molecular flexibility index (Phi) is 5.52. The van der Waals surface area contributed by atoms with Crippen molar-refractivity contribution in [3.05, 3.63) is 96.2 Å². The molecule has 1 saturated heterocycles. The highest BCUT2D eigenvalue weighted by atomic mass is 32.2. The number of para-hydroxylation sites is 2. The molecule has 1 fully saturated rings. The third-order valence-electron chi connectivity index (χ3n) is 5.87. The molecule has 2 heterocycles. The summed E-state index contributed by atoms with van der Waals surface area (Å²) in [6, 6.07) is 28.3. The fourth-order valence-corrected chi connectivity index (χ4v) is 5.10. The Morgan fingerprint density at radius 1 is 0.767 bits per heavy atom. The maximum Gasteiger partial charge on any atom is 0.0597 e. The first-order valence-electron chi connectivity index (χ1n) is 10.6. The van der Waals surface area contributed by atoms with E-state index < -0.39 is 0 Å². The molecule has 3 aromatic carbocycles. The van der Waals surface area contributed by atoms with Crippen LogP contribution in [0.15, 0.2) is 90.0 Å². The van der Waals surface area contributed by atoms with Gasteiger partial charge in [-0.25, -0.2) is 0 Å². The number of aromatic nitrogens is 1. The third kappa shape index (κ3) is 4.11. The first-order valence-corrected chi connectivity index (χ1v) is 11.4. The molecule has 0 atom stereocenters. The van der Waals surface area contributed by atoms with Crippen molar-refractivity contribution in [1.82, 2.24) is 8.87 Å². The quantitative estimate of drug-likeness (QED) is 0.408. The molecule has 0 aliphatic carbocycles. The van der Waals surface area contributed by atoms with E-state index in [9.17, 15) is 0 Å². The van der Waals surface area contributed by atoms with Gasteiger partial charge in [0, 0.05) is 54.9 Å². The molecule has 0 saturated carbocycles. The first kappa shape index (κ1) is 19.3. The number of hydrogen-bond donors (Lipinski definition) is 0. The van der Waals surface area contributed by atoms with E-state index in [0.29, 0.717) is 0 Å². The van der Waals surface area contributed by atoms with E-state index >= 15 is 0 Å². The average molecular weight is 414 g/mol. The summed E-state index contributed by atoms with van der Waals surface area (Å²) in [5.41, 5.74) is 5.34. The van der Waals surface area contributed by atoms with E-state index in [1.54, 1.807) is 11.9 Å². The van der Waals surface area contributed by atoms with Crippen LogP contribution in [0.25, 0.3) is 10.9 Å². The Morgan fingerprint density at radius 3 is 2.23 bits per heavy atom. The molecule has 4 aromatic rings. The first-order chi connectivity index (χ1) is 14.8. The molecular formula is C26H27N3S. The SMILES string of the molecule is Cc1ccc(Sn2cc(CN3CCN(c4ccccc4)CC3)c3ccccc32)cc1. The van der Waals surface area contributed by atoms with Crippen LogP contribution in [-0.2, 0) is 6.54 Å². The normalized spacial score (nSPS) is 15.0. The van der Waals surface area contributed by atoms with E-state index in [-0.39, 0.29) is 0 Å². The lowest BCUT2D eigenvalue weighted by Crippen LogP contribution is -2.45. The molecule has 152 valence electrons. The van der Waals surface area contributed by atoms with Crippen molar-refractivity contribution in [3.63, 3.8) is 0 Å². The van der Waals surface area contributed by atoms with Crippen LogP contribution in [0.5, 0.6) is 0 Å². The summed E-state index contributed by atoms with van der Waals surface area (Å²) < 4.78 is 2.33. The molecule has 4 heteroatoms. The summed E-state index contributed by atoms with van der Waals surface area (Å²) in [7, 11) is 0. The average Bonchev–Trinajstić information content (AvgIpc) is 3.14. The number of rotatable bonds is 5. The fraction of sp³-hybridized carbons (Fsp3) is 0.231. The molecule has 5 rings (SSSR count). The van der Waals surface area contributed by atoms with Gasteiger partial charge in [-0.1, -0.05) is 54.1 Å². The van der Waals surface area contributed by atoms with Gasteiger partial charge in [-0.15, -0.1) is 0 Å². The number of hydrogen-bond acceptors (Lipinski definition) is 3. The zero-order chi connectivity index (χ0) is 20.3. The minimum atomic E-state index is 1.00. The monoisotopic (exact) mass is 413 g/mol. The zero-order valence-electron chi connectivity index (χ0n) is 17.4. The fourth-order valence-electron chi connectivity index (χ4n) is 4.18. The van der Waals surface area contributed by atoms with E-state index in [2.05, 4.69) is 106 Å². The van der Waals surface area contributed by atoms with Crippen LogP contribution in [0, 0.1) is 6.92 Å². The third-order valence-corrected chi connectivity index (χ3v) is 6.85. The van der Waals surface area contributed by atoms with Crippen LogP contribution < -0.4 is 4.90 Å². The summed E-state index contributed by atoms with van der Waals surface area (Å²) in [5.74, 6) is 0.